The van der Waals surface area contributed by atoms with Crippen LogP contribution in [0.2, 0.25) is 0 Å². The van der Waals surface area contributed by atoms with Crippen LogP contribution in [0.5, 0.6) is 0 Å². The fourth-order valence-corrected chi connectivity index (χ4v) is 2.72. The third-order valence-corrected chi connectivity index (χ3v) is 3.99. The first-order chi connectivity index (χ1) is 8.33. The van der Waals surface area contributed by atoms with Crippen molar-refractivity contribution in [2.75, 3.05) is 25.5 Å². The van der Waals surface area contributed by atoms with Crippen LogP contribution in [0, 0.1) is 5.92 Å². The molecule has 1 saturated carbocycles. The number of hydrogen-bond donors (Lipinski definition) is 1. The highest BCUT2D eigenvalue weighted by molar-refractivity contribution is 5.61. The molecule has 1 N–H and O–H groups in total. The first-order valence-corrected chi connectivity index (χ1v) is 6.86. The van der Waals surface area contributed by atoms with E-state index in [4.69, 9.17) is 0 Å². The lowest BCUT2D eigenvalue weighted by Crippen LogP contribution is -2.20. The Balaban J connectivity index is 1.61. The lowest BCUT2D eigenvalue weighted by Gasteiger charge is -2.18. The summed E-state index contributed by atoms with van der Waals surface area (Å²) in [5.74, 6) is 1.04. The van der Waals surface area contributed by atoms with Crippen molar-refractivity contribution in [1.29, 1.82) is 0 Å². The normalized spacial score (nSPS) is 18.2. The van der Waals surface area contributed by atoms with Gasteiger partial charge in [-0.25, -0.2) is 0 Å². The zero-order valence-corrected chi connectivity index (χ0v) is 10.7. The van der Waals surface area contributed by atoms with E-state index in [-0.39, 0.29) is 0 Å². The molecule has 17 heavy (non-hydrogen) atoms. The molecular weight excluding hydrogens is 208 g/mol. The lowest BCUT2D eigenvalue weighted by atomic mass is 10.1. The number of rotatable bonds is 5. The SMILES string of the molecule is CN(CCC1CC1)Cc1cccc2c1NCC2. The molecule has 0 atom stereocenters. The predicted octanol–water partition coefficient (Wildman–Crippen LogP) is 2.89. The van der Waals surface area contributed by atoms with E-state index in [2.05, 4.69) is 35.5 Å². The molecule has 2 heteroatoms. The summed E-state index contributed by atoms with van der Waals surface area (Å²) in [6.07, 6.45) is 5.51. The first-order valence-electron chi connectivity index (χ1n) is 6.86. The number of nitrogens with one attached hydrogen (secondary N) is 1. The Kier molecular flexibility index (Phi) is 3.06. The molecule has 1 aromatic carbocycles. The average Bonchev–Trinajstić information content (AvgIpc) is 3.03. The van der Waals surface area contributed by atoms with E-state index in [1.807, 2.05) is 0 Å². The van der Waals surface area contributed by atoms with Crippen LogP contribution in [-0.4, -0.2) is 25.0 Å². The monoisotopic (exact) mass is 230 g/mol. The largest absolute Gasteiger partial charge is 0.384 e. The van der Waals surface area contributed by atoms with Crippen LogP contribution in [0.25, 0.3) is 0 Å². The van der Waals surface area contributed by atoms with Gasteiger partial charge in [0, 0.05) is 18.8 Å². The number of para-hydroxylation sites is 1. The Labute approximate surface area is 104 Å². The molecule has 0 aromatic heterocycles. The number of benzene rings is 1. The second kappa shape index (κ2) is 4.69. The Morgan fingerprint density at radius 3 is 3.06 bits per heavy atom. The molecule has 3 rings (SSSR count). The molecule has 1 aliphatic carbocycles. The lowest BCUT2D eigenvalue weighted by molar-refractivity contribution is 0.315. The molecule has 1 fully saturated rings. The Bertz CT molecular complexity index is 396. The molecule has 2 nitrogen and oxygen atoms in total. The highest BCUT2D eigenvalue weighted by atomic mass is 15.1. The van der Waals surface area contributed by atoms with Crippen molar-refractivity contribution < 1.29 is 0 Å². The summed E-state index contributed by atoms with van der Waals surface area (Å²) in [6, 6.07) is 6.73. The maximum Gasteiger partial charge on any atom is 0.0419 e. The van der Waals surface area contributed by atoms with Crippen LogP contribution in [-0.2, 0) is 13.0 Å². The minimum Gasteiger partial charge on any atom is -0.384 e. The maximum absolute atomic E-state index is 3.52. The second-order valence-electron chi connectivity index (χ2n) is 5.60. The van der Waals surface area contributed by atoms with Crippen molar-refractivity contribution in [1.82, 2.24) is 4.90 Å². The van der Waals surface area contributed by atoms with Gasteiger partial charge in [-0.05, 0) is 43.5 Å². The van der Waals surface area contributed by atoms with Crippen molar-refractivity contribution in [3.05, 3.63) is 29.3 Å². The van der Waals surface area contributed by atoms with Crippen molar-refractivity contribution in [3.63, 3.8) is 0 Å². The van der Waals surface area contributed by atoms with Gasteiger partial charge in [0.05, 0.1) is 0 Å². The predicted molar refractivity (Wildman–Crippen MR) is 72.3 cm³/mol. The van der Waals surface area contributed by atoms with E-state index in [9.17, 15) is 0 Å². The fraction of sp³-hybridized carbons (Fsp3) is 0.600. The van der Waals surface area contributed by atoms with Gasteiger partial charge in [-0.15, -0.1) is 0 Å². The molecule has 0 saturated heterocycles. The maximum atomic E-state index is 3.52. The molecule has 1 aliphatic heterocycles. The Morgan fingerprint density at radius 1 is 1.35 bits per heavy atom. The van der Waals surface area contributed by atoms with Gasteiger partial charge in [0.1, 0.15) is 0 Å². The van der Waals surface area contributed by atoms with Crippen LogP contribution >= 0.6 is 0 Å². The quantitative estimate of drug-likeness (QED) is 0.836. The summed E-state index contributed by atoms with van der Waals surface area (Å²) >= 11 is 0. The zero-order chi connectivity index (χ0) is 11.7. The number of nitrogens with zero attached hydrogens (tertiary/aromatic N) is 1. The molecule has 1 aromatic rings. The average molecular weight is 230 g/mol. The standard InChI is InChI=1S/C15H22N2/c1-17(10-8-12-5-6-12)11-14-4-2-3-13-7-9-16-15(13)14/h2-4,12,16H,5-11H2,1H3. The van der Waals surface area contributed by atoms with Crippen LogP contribution in [0.4, 0.5) is 5.69 Å². The van der Waals surface area contributed by atoms with Gasteiger partial charge in [0.25, 0.3) is 0 Å². The topological polar surface area (TPSA) is 15.3 Å². The Morgan fingerprint density at radius 2 is 2.24 bits per heavy atom. The van der Waals surface area contributed by atoms with E-state index in [0.29, 0.717) is 0 Å². The van der Waals surface area contributed by atoms with Crippen LogP contribution < -0.4 is 5.32 Å². The minimum atomic E-state index is 1.04. The van der Waals surface area contributed by atoms with Crippen molar-refractivity contribution in [2.45, 2.75) is 32.2 Å². The van der Waals surface area contributed by atoms with Crippen LogP contribution in [0.1, 0.15) is 30.4 Å². The summed E-state index contributed by atoms with van der Waals surface area (Å²) in [6.45, 7) is 3.44. The number of anilines is 1. The van der Waals surface area contributed by atoms with Gasteiger partial charge in [0.2, 0.25) is 0 Å². The summed E-state index contributed by atoms with van der Waals surface area (Å²) < 4.78 is 0. The van der Waals surface area contributed by atoms with E-state index in [0.717, 1.165) is 19.0 Å². The molecule has 92 valence electrons. The van der Waals surface area contributed by atoms with Gasteiger partial charge < -0.3 is 10.2 Å². The van der Waals surface area contributed by atoms with E-state index in [1.54, 1.807) is 0 Å². The summed E-state index contributed by atoms with van der Waals surface area (Å²) in [5.41, 5.74) is 4.38. The van der Waals surface area contributed by atoms with Crippen molar-refractivity contribution >= 4 is 5.69 Å². The second-order valence-corrected chi connectivity index (χ2v) is 5.60. The molecule has 0 spiro atoms. The third-order valence-electron chi connectivity index (χ3n) is 3.99. The van der Waals surface area contributed by atoms with Gasteiger partial charge in [-0.2, -0.15) is 0 Å². The molecule has 0 bridgehead atoms. The van der Waals surface area contributed by atoms with Gasteiger partial charge in [-0.3, -0.25) is 0 Å². The van der Waals surface area contributed by atoms with Gasteiger partial charge >= 0.3 is 0 Å². The highest BCUT2D eigenvalue weighted by Crippen LogP contribution is 2.32. The molecule has 0 unspecified atom stereocenters. The minimum absolute atomic E-state index is 1.04. The third kappa shape index (κ3) is 2.63. The van der Waals surface area contributed by atoms with Gasteiger partial charge in [-0.1, -0.05) is 31.0 Å². The van der Waals surface area contributed by atoms with Crippen LogP contribution in [0.15, 0.2) is 18.2 Å². The van der Waals surface area contributed by atoms with Gasteiger partial charge in [0.15, 0.2) is 0 Å². The summed E-state index contributed by atoms with van der Waals surface area (Å²) in [5, 5.41) is 3.52. The summed E-state index contributed by atoms with van der Waals surface area (Å²) in [4.78, 5) is 2.47. The molecule has 2 aliphatic rings. The number of hydrogen-bond acceptors (Lipinski definition) is 2. The first kappa shape index (κ1) is 11.1. The molecular formula is C15H22N2. The molecule has 0 amide bonds. The molecule has 0 radical (unpaired) electrons. The fourth-order valence-electron chi connectivity index (χ4n) is 2.72. The zero-order valence-electron chi connectivity index (χ0n) is 10.7. The highest BCUT2D eigenvalue weighted by Gasteiger charge is 2.21. The van der Waals surface area contributed by atoms with E-state index >= 15 is 0 Å². The smallest absolute Gasteiger partial charge is 0.0419 e. The number of fused-ring (bicyclic) bond motifs is 1. The van der Waals surface area contributed by atoms with Crippen molar-refractivity contribution in [3.8, 4) is 0 Å². The summed E-state index contributed by atoms with van der Waals surface area (Å²) in [7, 11) is 2.25. The van der Waals surface area contributed by atoms with Crippen molar-refractivity contribution in [2.24, 2.45) is 5.92 Å². The van der Waals surface area contributed by atoms with Crippen LogP contribution in [0.3, 0.4) is 0 Å². The van der Waals surface area contributed by atoms with E-state index < -0.39 is 0 Å². The van der Waals surface area contributed by atoms with E-state index in [1.165, 1.54) is 49.0 Å². The molecule has 1 heterocycles. The Hall–Kier alpha value is -1.02.